The quantitative estimate of drug-likeness (QED) is 0.463. The fourth-order valence-corrected chi connectivity index (χ4v) is 0.809. The molecule has 3 N–H and O–H groups in total. The molecular formula is C10H20N2O2. The Hall–Kier alpha value is -0.870. The van der Waals surface area contributed by atoms with Gasteiger partial charge < -0.3 is 15.8 Å². The minimum atomic E-state index is -0.406. The Morgan fingerprint density at radius 3 is 2.79 bits per heavy atom. The molecule has 82 valence electrons. The third kappa shape index (κ3) is 6.62. The van der Waals surface area contributed by atoms with Crippen molar-refractivity contribution in [2.45, 2.75) is 26.3 Å². The largest absolute Gasteiger partial charge is 0.375 e. The maximum Gasteiger partial charge on any atom is 0.236 e. The van der Waals surface area contributed by atoms with Crippen LogP contribution in [0.1, 0.15) is 20.3 Å². The number of nitrogens with one attached hydrogen (secondary N) is 1. The molecule has 1 amide bonds. The zero-order chi connectivity index (χ0) is 11.0. The van der Waals surface area contributed by atoms with E-state index in [1.165, 1.54) is 0 Å². The zero-order valence-corrected chi connectivity index (χ0v) is 9.01. The summed E-state index contributed by atoms with van der Waals surface area (Å²) in [5.74, 6) is -0.119. The molecule has 0 heterocycles. The maximum absolute atomic E-state index is 11.2. The highest BCUT2D eigenvalue weighted by molar-refractivity contribution is 5.81. The van der Waals surface area contributed by atoms with Crippen molar-refractivity contribution in [3.05, 3.63) is 12.2 Å². The second-order valence-corrected chi connectivity index (χ2v) is 3.32. The van der Waals surface area contributed by atoms with Crippen molar-refractivity contribution in [3.8, 4) is 0 Å². The Kier molecular flexibility index (Phi) is 7.06. The molecule has 0 bridgehead atoms. The molecule has 0 aromatic rings. The summed E-state index contributed by atoms with van der Waals surface area (Å²) in [5.41, 5.74) is 6.49. The van der Waals surface area contributed by atoms with Crippen LogP contribution in [0.25, 0.3) is 0 Å². The van der Waals surface area contributed by atoms with Crippen LogP contribution in [0.4, 0.5) is 0 Å². The van der Waals surface area contributed by atoms with Gasteiger partial charge in [-0.2, -0.15) is 0 Å². The van der Waals surface area contributed by atoms with Crippen LogP contribution in [0.3, 0.4) is 0 Å². The van der Waals surface area contributed by atoms with Crippen LogP contribution < -0.4 is 11.1 Å². The van der Waals surface area contributed by atoms with Gasteiger partial charge in [0.1, 0.15) is 0 Å². The summed E-state index contributed by atoms with van der Waals surface area (Å²) in [7, 11) is 0. The highest BCUT2D eigenvalue weighted by Gasteiger charge is 2.08. The lowest BCUT2D eigenvalue weighted by molar-refractivity contribution is -0.122. The van der Waals surface area contributed by atoms with Crippen molar-refractivity contribution < 1.29 is 9.53 Å². The topological polar surface area (TPSA) is 64.3 Å². The molecule has 0 spiro atoms. The molecule has 0 saturated heterocycles. The van der Waals surface area contributed by atoms with E-state index in [-0.39, 0.29) is 5.91 Å². The van der Waals surface area contributed by atoms with Gasteiger partial charge in [0.15, 0.2) is 0 Å². The molecule has 0 saturated carbocycles. The van der Waals surface area contributed by atoms with Gasteiger partial charge in [0.25, 0.3) is 0 Å². The first-order valence-electron chi connectivity index (χ1n) is 4.83. The zero-order valence-electron chi connectivity index (χ0n) is 9.01. The molecule has 4 heteroatoms. The van der Waals surface area contributed by atoms with Crippen molar-refractivity contribution >= 4 is 5.91 Å². The Morgan fingerprint density at radius 1 is 1.64 bits per heavy atom. The molecule has 0 radical (unpaired) electrons. The van der Waals surface area contributed by atoms with Gasteiger partial charge in [-0.1, -0.05) is 19.1 Å². The number of amides is 1. The van der Waals surface area contributed by atoms with Crippen LogP contribution in [0.2, 0.25) is 0 Å². The van der Waals surface area contributed by atoms with E-state index in [2.05, 4.69) is 11.9 Å². The van der Waals surface area contributed by atoms with E-state index >= 15 is 0 Å². The van der Waals surface area contributed by atoms with Gasteiger partial charge in [0.05, 0.1) is 19.3 Å². The predicted octanol–water partition coefficient (Wildman–Crippen LogP) is 0.433. The van der Waals surface area contributed by atoms with Gasteiger partial charge in [-0.25, -0.2) is 0 Å². The molecule has 0 fully saturated rings. The summed E-state index contributed by atoms with van der Waals surface area (Å²) in [5, 5.41) is 2.69. The van der Waals surface area contributed by atoms with Gasteiger partial charge in [-0.3, -0.25) is 4.79 Å². The lowest BCUT2D eigenvalue weighted by Crippen LogP contribution is -2.41. The SMILES string of the molecule is C=C(C)COCCNC(=O)[C@@H](N)CC. The second kappa shape index (κ2) is 7.53. The fraction of sp³-hybridized carbons (Fsp3) is 0.700. The second-order valence-electron chi connectivity index (χ2n) is 3.32. The molecular weight excluding hydrogens is 180 g/mol. The molecule has 0 aromatic heterocycles. The first-order valence-corrected chi connectivity index (χ1v) is 4.83. The normalized spacial score (nSPS) is 12.2. The number of carbonyl (C=O) groups excluding carboxylic acids is 1. The van der Waals surface area contributed by atoms with Crippen LogP contribution in [-0.2, 0) is 9.53 Å². The molecule has 4 nitrogen and oxygen atoms in total. The molecule has 0 aliphatic heterocycles. The van der Waals surface area contributed by atoms with Gasteiger partial charge in [-0.05, 0) is 13.3 Å². The average molecular weight is 200 g/mol. The van der Waals surface area contributed by atoms with Crippen molar-refractivity contribution in [2.24, 2.45) is 5.73 Å². The standard InChI is InChI=1S/C10H20N2O2/c1-4-9(11)10(13)12-5-6-14-7-8(2)3/h9H,2,4-7,11H2,1,3H3,(H,12,13)/t9-/m0/s1. The predicted molar refractivity (Wildman–Crippen MR) is 56.9 cm³/mol. The first kappa shape index (κ1) is 13.1. The number of nitrogens with two attached hydrogens (primary N) is 1. The van der Waals surface area contributed by atoms with E-state index in [9.17, 15) is 4.79 Å². The minimum absolute atomic E-state index is 0.119. The third-order valence-corrected chi connectivity index (χ3v) is 1.67. The number of hydrogen-bond acceptors (Lipinski definition) is 3. The third-order valence-electron chi connectivity index (χ3n) is 1.67. The van der Waals surface area contributed by atoms with E-state index in [0.717, 1.165) is 5.57 Å². The molecule has 0 aliphatic carbocycles. The van der Waals surface area contributed by atoms with Crippen LogP contribution in [0.5, 0.6) is 0 Å². The van der Waals surface area contributed by atoms with E-state index in [0.29, 0.717) is 26.2 Å². The van der Waals surface area contributed by atoms with Crippen molar-refractivity contribution in [1.82, 2.24) is 5.32 Å². The Balaban J connectivity index is 3.36. The minimum Gasteiger partial charge on any atom is -0.375 e. The van der Waals surface area contributed by atoms with Gasteiger partial charge in [0.2, 0.25) is 5.91 Å². The molecule has 0 aliphatic rings. The van der Waals surface area contributed by atoms with Gasteiger partial charge >= 0.3 is 0 Å². The monoisotopic (exact) mass is 200 g/mol. The van der Waals surface area contributed by atoms with E-state index in [4.69, 9.17) is 10.5 Å². The lowest BCUT2D eigenvalue weighted by atomic mass is 10.2. The highest BCUT2D eigenvalue weighted by atomic mass is 16.5. The van der Waals surface area contributed by atoms with Crippen molar-refractivity contribution in [3.63, 3.8) is 0 Å². The molecule has 0 aromatic carbocycles. The summed E-state index contributed by atoms with van der Waals surface area (Å²) in [4.78, 5) is 11.2. The van der Waals surface area contributed by atoms with E-state index in [1.807, 2.05) is 13.8 Å². The summed E-state index contributed by atoms with van der Waals surface area (Å²) in [6.07, 6.45) is 0.651. The van der Waals surface area contributed by atoms with Crippen LogP contribution in [0.15, 0.2) is 12.2 Å². The number of hydrogen-bond donors (Lipinski definition) is 2. The Morgan fingerprint density at radius 2 is 2.29 bits per heavy atom. The summed E-state index contributed by atoms with van der Waals surface area (Å²) in [6, 6.07) is -0.406. The van der Waals surface area contributed by atoms with Gasteiger partial charge in [-0.15, -0.1) is 0 Å². The molecule has 0 unspecified atom stereocenters. The number of ether oxygens (including phenoxy) is 1. The van der Waals surface area contributed by atoms with Crippen molar-refractivity contribution in [1.29, 1.82) is 0 Å². The number of carbonyl (C=O) groups is 1. The molecule has 14 heavy (non-hydrogen) atoms. The molecule has 0 rings (SSSR count). The van der Waals surface area contributed by atoms with Gasteiger partial charge in [0, 0.05) is 6.54 Å². The maximum atomic E-state index is 11.2. The fourth-order valence-electron chi connectivity index (χ4n) is 0.809. The van der Waals surface area contributed by atoms with E-state index in [1.54, 1.807) is 0 Å². The van der Waals surface area contributed by atoms with Crippen LogP contribution >= 0.6 is 0 Å². The highest BCUT2D eigenvalue weighted by Crippen LogP contribution is 1.88. The summed E-state index contributed by atoms with van der Waals surface area (Å²) in [6.45, 7) is 9.00. The average Bonchev–Trinajstić information content (AvgIpc) is 2.15. The first-order chi connectivity index (χ1) is 6.57. The number of rotatable bonds is 7. The lowest BCUT2D eigenvalue weighted by Gasteiger charge is -2.10. The smallest absolute Gasteiger partial charge is 0.236 e. The Labute approximate surface area is 85.5 Å². The Bertz CT molecular complexity index is 193. The van der Waals surface area contributed by atoms with Crippen LogP contribution in [0, 0.1) is 0 Å². The van der Waals surface area contributed by atoms with Crippen molar-refractivity contribution in [2.75, 3.05) is 19.8 Å². The molecule has 1 atom stereocenters. The summed E-state index contributed by atoms with van der Waals surface area (Å²) >= 11 is 0. The van der Waals surface area contributed by atoms with E-state index < -0.39 is 6.04 Å². The van der Waals surface area contributed by atoms with Crippen LogP contribution in [-0.4, -0.2) is 31.7 Å². The summed E-state index contributed by atoms with van der Waals surface area (Å²) < 4.78 is 5.20.